The van der Waals surface area contributed by atoms with Crippen molar-refractivity contribution in [1.82, 2.24) is 4.90 Å². The van der Waals surface area contributed by atoms with E-state index in [1.807, 2.05) is 6.92 Å². The van der Waals surface area contributed by atoms with Crippen LogP contribution in [-0.2, 0) is 13.7 Å². The van der Waals surface area contributed by atoms with Gasteiger partial charge < -0.3 is 18.9 Å². The first kappa shape index (κ1) is 24.7. The number of morpholine rings is 1. The maximum absolute atomic E-state index is 11.3. The molecule has 0 aromatic heterocycles. The fourth-order valence-electron chi connectivity index (χ4n) is 3.70. The molecule has 2 aliphatic rings. The lowest BCUT2D eigenvalue weighted by atomic mass is 10.1. The predicted molar refractivity (Wildman–Crippen MR) is 111 cm³/mol. The summed E-state index contributed by atoms with van der Waals surface area (Å²) in [5.74, 6) is 0.0580. The van der Waals surface area contributed by atoms with E-state index in [0.29, 0.717) is 6.42 Å². The zero-order valence-corrected chi connectivity index (χ0v) is 18.1. The van der Waals surface area contributed by atoms with Crippen molar-refractivity contribution in [2.24, 2.45) is 5.14 Å². The van der Waals surface area contributed by atoms with Crippen molar-refractivity contribution in [3.63, 3.8) is 0 Å². The number of carbonyl (C=O) groups is 1. The molecule has 27 heavy (non-hydrogen) atoms. The fraction of sp³-hybridized carbons (Fsp3) is 0.950. The summed E-state index contributed by atoms with van der Waals surface area (Å²) in [7, 11) is 0. The summed E-state index contributed by atoms with van der Waals surface area (Å²) in [5.41, 5.74) is 0. The first-order valence-electron chi connectivity index (χ1n) is 10.7. The van der Waals surface area contributed by atoms with E-state index >= 15 is 0 Å². The zero-order valence-electron chi connectivity index (χ0n) is 17.2. The van der Waals surface area contributed by atoms with Crippen LogP contribution in [0, 0.1) is 0 Å². The lowest BCUT2D eigenvalue weighted by molar-refractivity contribution is -0.171. The number of unbranched alkanes of at least 4 members (excludes halogenated alkanes) is 9. The van der Waals surface area contributed by atoms with Crippen LogP contribution >= 0.6 is 12.2 Å². The second kappa shape index (κ2) is 15.6. The zero-order chi connectivity index (χ0) is 19.9. The average molecular weight is 405 g/mol. The highest BCUT2D eigenvalue weighted by Crippen LogP contribution is 2.28. The van der Waals surface area contributed by atoms with Crippen molar-refractivity contribution in [3.8, 4) is 0 Å². The minimum absolute atomic E-state index is 0.0580. The average Bonchev–Trinajstić information content (AvgIpc) is 3.06. The minimum atomic E-state index is -0.721. The van der Waals surface area contributed by atoms with Crippen LogP contribution in [0.5, 0.6) is 0 Å². The van der Waals surface area contributed by atoms with Gasteiger partial charge in [0.25, 0.3) is 0 Å². The monoisotopic (exact) mass is 404 g/mol. The molecule has 2 fully saturated rings. The molecule has 2 heterocycles. The number of aliphatic hydroxyl groups is 1. The van der Waals surface area contributed by atoms with Gasteiger partial charge in [-0.05, 0) is 19.8 Å². The molecule has 0 saturated carbocycles. The second-order valence-corrected chi connectivity index (χ2v) is 7.95. The van der Waals surface area contributed by atoms with Crippen LogP contribution in [0.4, 0.5) is 0 Å². The maximum Gasteiger partial charge on any atom is 0.225 e. The molecule has 3 atom stereocenters. The Morgan fingerprint density at radius 1 is 1.15 bits per heavy atom. The van der Waals surface area contributed by atoms with Crippen LogP contribution < -0.4 is 5.14 Å². The number of hydrogen-bond donors (Lipinski definition) is 2. The largest absolute Gasteiger partial charge is 0.372 e. The first-order valence-corrected chi connectivity index (χ1v) is 11.5. The number of carbonyl (C=O) groups excluding carboxylic acids is 1. The van der Waals surface area contributed by atoms with E-state index in [4.69, 9.17) is 14.1 Å². The Labute approximate surface area is 169 Å². The topological polar surface area (TPSA) is 85.0 Å². The van der Waals surface area contributed by atoms with Crippen molar-refractivity contribution in [1.29, 1.82) is 0 Å². The van der Waals surface area contributed by atoms with E-state index < -0.39 is 6.23 Å². The van der Waals surface area contributed by atoms with E-state index in [1.165, 1.54) is 57.8 Å². The summed E-state index contributed by atoms with van der Waals surface area (Å²) in [6, 6.07) is 0.0984. The lowest BCUT2D eigenvalue weighted by Crippen LogP contribution is -2.54. The van der Waals surface area contributed by atoms with E-state index in [0.717, 1.165) is 31.7 Å². The third-order valence-electron chi connectivity index (χ3n) is 5.32. The molecule has 0 aliphatic carbocycles. The van der Waals surface area contributed by atoms with Gasteiger partial charge in [0.1, 0.15) is 0 Å². The summed E-state index contributed by atoms with van der Waals surface area (Å²) < 4.78 is 10.3. The summed E-state index contributed by atoms with van der Waals surface area (Å²) in [6.07, 6.45) is 14.4. The summed E-state index contributed by atoms with van der Waals surface area (Å²) in [5, 5.41) is 14.6. The van der Waals surface area contributed by atoms with Gasteiger partial charge >= 0.3 is 0 Å². The highest BCUT2D eigenvalue weighted by Gasteiger charge is 2.42. The van der Waals surface area contributed by atoms with Crippen LogP contribution in [0.2, 0.25) is 0 Å². The van der Waals surface area contributed by atoms with Crippen molar-refractivity contribution < 1.29 is 18.8 Å². The van der Waals surface area contributed by atoms with Gasteiger partial charge in [0, 0.05) is 6.42 Å². The number of hydrogen-bond acceptors (Lipinski definition) is 6. The first-order chi connectivity index (χ1) is 13.1. The summed E-state index contributed by atoms with van der Waals surface area (Å²) in [4.78, 5) is 12.8. The normalized spacial score (nSPS) is 24.5. The van der Waals surface area contributed by atoms with Crippen LogP contribution in [0.25, 0.3) is 0 Å². The molecule has 7 heteroatoms. The van der Waals surface area contributed by atoms with Gasteiger partial charge in [0.2, 0.25) is 5.91 Å². The number of nitrogens with zero attached hydrogens (tertiary/aromatic N) is 1. The van der Waals surface area contributed by atoms with Crippen molar-refractivity contribution >= 4 is 18.1 Å². The number of aliphatic hydroxyl groups excluding tert-OH is 1. The molecule has 160 valence electrons. The molecule has 1 amide bonds. The number of amides is 1. The molecule has 0 spiro atoms. The Kier molecular flexibility index (Phi) is 14.2. The Hall–Kier alpha value is -0.340. The SMILES string of the molecule is CC1OCC(O)N2C(=O)CCC12.CCCCCCCCCCCCOSN. The van der Waals surface area contributed by atoms with Crippen LogP contribution in [0.3, 0.4) is 0 Å². The van der Waals surface area contributed by atoms with Gasteiger partial charge in [-0.3, -0.25) is 9.93 Å². The molecule has 0 aromatic rings. The molecule has 0 bridgehead atoms. The van der Waals surface area contributed by atoms with Crippen molar-refractivity contribution in [2.75, 3.05) is 13.2 Å². The maximum atomic E-state index is 11.3. The quantitative estimate of drug-likeness (QED) is 0.289. The number of fused-ring (bicyclic) bond motifs is 1. The Balaban J connectivity index is 0.000000274. The van der Waals surface area contributed by atoms with Crippen molar-refractivity contribution in [3.05, 3.63) is 0 Å². The van der Waals surface area contributed by atoms with E-state index in [2.05, 4.69) is 6.92 Å². The van der Waals surface area contributed by atoms with E-state index in [9.17, 15) is 9.90 Å². The van der Waals surface area contributed by atoms with Crippen LogP contribution in [-0.4, -0.2) is 47.5 Å². The lowest BCUT2D eigenvalue weighted by Gasteiger charge is -2.38. The highest BCUT2D eigenvalue weighted by atomic mass is 32.2. The van der Waals surface area contributed by atoms with Gasteiger partial charge in [-0.25, -0.2) is 0 Å². The molecule has 3 N–H and O–H groups in total. The molecule has 2 saturated heterocycles. The molecule has 2 rings (SSSR count). The van der Waals surface area contributed by atoms with E-state index in [1.54, 1.807) is 4.90 Å². The third kappa shape index (κ3) is 10.1. The van der Waals surface area contributed by atoms with E-state index in [-0.39, 0.29) is 24.7 Å². The molecular weight excluding hydrogens is 364 g/mol. The number of ether oxygens (including phenoxy) is 1. The Bertz CT molecular complexity index is 375. The molecule has 0 radical (unpaired) electrons. The molecule has 0 aromatic carbocycles. The highest BCUT2D eigenvalue weighted by molar-refractivity contribution is 7.92. The Morgan fingerprint density at radius 3 is 2.30 bits per heavy atom. The second-order valence-electron chi connectivity index (χ2n) is 7.53. The molecule has 2 aliphatic heterocycles. The van der Waals surface area contributed by atoms with Crippen LogP contribution in [0.15, 0.2) is 0 Å². The molecule has 3 unspecified atom stereocenters. The number of nitrogens with two attached hydrogens (primary N) is 1. The summed E-state index contributed by atoms with van der Waals surface area (Å²) in [6.45, 7) is 5.27. The Morgan fingerprint density at radius 2 is 1.74 bits per heavy atom. The summed E-state index contributed by atoms with van der Waals surface area (Å²) >= 11 is 0.981. The van der Waals surface area contributed by atoms with Gasteiger partial charge in [-0.15, -0.1) is 0 Å². The van der Waals surface area contributed by atoms with Gasteiger partial charge in [0.05, 0.1) is 37.6 Å². The number of rotatable bonds is 12. The third-order valence-corrected chi connectivity index (χ3v) is 5.62. The van der Waals surface area contributed by atoms with Gasteiger partial charge in [-0.2, -0.15) is 0 Å². The smallest absolute Gasteiger partial charge is 0.225 e. The minimum Gasteiger partial charge on any atom is -0.372 e. The standard InChI is InChI=1S/C12H27NOS.C8H13NO3/c1-2-3-4-5-6-7-8-9-10-11-12-14-15-13;1-5-6-2-3-7(10)9(6)8(11)4-12-5/h2-13H2,1H3;5-6,8,11H,2-4H2,1H3. The fourth-order valence-corrected chi connectivity index (χ4v) is 3.91. The molecular formula is C20H40N2O4S. The van der Waals surface area contributed by atoms with Gasteiger partial charge in [-0.1, -0.05) is 64.7 Å². The van der Waals surface area contributed by atoms with Crippen molar-refractivity contribution in [2.45, 2.75) is 109 Å². The predicted octanol–water partition coefficient (Wildman–Crippen LogP) is 4.16. The van der Waals surface area contributed by atoms with Gasteiger partial charge in [0.15, 0.2) is 6.23 Å². The molecule has 6 nitrogen and oxygen atoms in total. The van der Waals surface area contributed by atoms with Crippen LogP contribution in [0.1, 0.15) is 90.9 Å².